The minimum atomic E-state index is -0.245. The molecule has 0 bridgehead atoms. The predicted molar refractivity (Wildman–Crippen MR) is 100 cm³/mol. The Morgan fingerprint density at radius 3 is 2.24 bits per heavy atom. The standard InChI is InChI=1S/C20H24N2O3/c1-24-17-10-7-11-18(25-2)19(17)20(23)21-15-8-6-9-16(14-15)22-12-4-3-5-13-22/h6-11,14H,3-5,12-13H2,1-2H3,(H,21,23). The average molecular weight is 340 g/mol. The minimum absolute atomic E-state index is 0.245. The van der Waals surface area contributed by atoms with Crippen LogP contribution < -0.4 is 19.7 Å². The first-order valence-electron chi connectivity index (χ1n) is 8.60. The highest BCUT2D eigenvalue weighted by molar-refractivity contribution is 6.08. The maximum Gasteiger partial charge on any atom is 0.263 e. The quantitative estimate of drug-likeness (QED) is 0.895. The number of hydrogen-bond donors (Lipinski definition) is 1. The third-order valence-corrected chi connectivity index (χ3v) is 4.48. The maximum absolute atomic E-state index is 12.8. The Balaban J connectivity index is 1.82. The van der Waals surface area contributed by atoms with E-state index < -0.39 is 0 Å². The Morgan fingerprint density at radius 2 is 1.60 bits per heavy atom. The molecule has 1 heterocycles. The Morgan fingerprint density at radius 1 is 0.960 bits per heavy atom. The molecule has 1 amide bonds. The summed E-state index contributed by atoms with van der Waals surface area (Å²) in [4.78, 5) is 15.1. The van der Waals surface area contributed by atoms with Gasteiger partial charge in [-0.05, 0) is 49.6 Å². The van der Waals surface area contributed by atoms with Crippen LogP contribution in [0.2, 0.25) is 0 Å². The molecule has 2 aromatic rings. The molecule has 2 aromatic carbocycles. The highest BCUT2D eigenvalue weighted by atomic mass is 16.5. The first-order valence-corrected chi connectivity index (χ1v) is 8.60. The Bertz CT molecular complexity index is 717. The van der Waals surface area contributed by atoms with Crippen molar-refractivity contribution >= 4 is 17.3 Å². The van der Waals surface area contributed by atoms with Gasteiger partial charge in [0, 0.05) is 24.5 Å². The van der Waals surface area contributed by atoms with Crippen LogP contribution in [-0.4, -0.2) is 33.2 Å². The SMILES string of the molecule is COc1cccc(OC)c1C(=O)Nc1cccc(N2CCCCC2)c1. The zero-order valence-corrected chi connectivity index (χ0v) is 14.7. The molecule has 1 N–H and O–H groups in total. The summed E-state index contributed by atoms with van der Waals surface area (Å²) in [5, 5.41) is 2.96. The molecule has 0 saturated carbocycles. The number of piperidine rings is 1. The molecule has 5 nitrogen and oxygen atoms in total. The molecule has 1 fully saturated rings. The van der Waals surface area contributed by atoms with E-state index in [2.05, 4.69) is 16.3 Å². The van der Waals surface area contributed by atoms with E-state index >= 15 is 0 Å². The molecule has 1 aliphatic rings. The van der Waals surface area contributed by atoms with Crippen LogP contribution in [0.3, 0.4) is 0 Å². The summed E-state index contributed by atoms with van der Waals surface area (Å²) in [7, 11) is 3.09. The highest BCUT2D eigenvalue weighted by Gasteiger charge is 2.19. The number of rotatable bonds is 5. The lowest BCUT2D eigenvalue weighted by atomic mass is 10.1. The Labute approximate surface area is 148 Å². The van der Waals surface area contributed by atoms with Crippen LogP contribution in [0.15, 0.2) is 42.5 Å². The predicted octanol–water partition coefficient (Wildman–Crippen LogP) is 3.95. The molecule has 25 heavy (non-hydrogen) atoms. The van der Waals surface area contributed by atoms with E-state index in [4.69, 9.17) is 9.47 Å². The maximum atomic E-state index is 12.8. The minimum Gasteiger partial charge on any atom is -0.496 e. The molecular formula is C20H24N2O3. The summed E-state index contributed by atoms with van der Waals surface area (Å²) < 4.78 is 10.6. The molecule has 0 atom stereocenters. The number of anilines is 2. The van der Waals surface area contributed by atoms with E-state index in [0.717, 1.165) is 24.5 Å². The van der Waals surface area contributed by atoms with Gasteiger partial charge in [0.05, 0.1) is 14.2 Å². The van der Waals surface area contributed by atoms with Crippen LogP contribution in [0.4, 0.5) is 11.4 Å². The summed E-state index contributed by atoms with van der Waals surface area (Å²) >= 11 is 0. The molecule has 0 aromatic heterocycles. The van der Waals surface area contributed by atoms with Crippen LogP contribution in [-0.2, 0) is 0 Å². The monoisotopic (exact) mass is 340 g/mol. The molecule has 3 rings (SSSR count). The number of methoxy groups -OCH3 is 2. The summed E-state index contributed by atoms with van der Waals surface area (Å²) in [5.41, 5.74) is 2.31. The smallest absolute Gasteiger partial charge is 0.263 e. The molecular weight excluding hydrogens is 316 g/mol. The lowest BCUT2D eigenvalue weighted by molar-refractivity contribution is 0.102. The topological polar surface area (TPSA) is 50.8 Å². The van der Waals surface area contributed by atoms with Crippen LogP contribution >= 0.6 is 0 Å². The summed E-state index contributed by atoms with van der Waals surface area (Å²) in [6.07, 6.45) is 3.73. The van der Waals surface area contributed by atoms with Gasteiger partial charge in [-0.2, -0.15) is 0 Å². The van der Waals surface area contributed by atoms with Crippen molar-refractivity contribution in [1.82, 2.24) is 0 Å². The largest absolute Gasteiger partial charge is 0.496 e. The first kappa shape index (κ1) is 17.1. The van der Waals surface area contributed by atoms with Crippen molar-refractivity contribution in [3.63, 3.8) is 0 Å². The molecule has 1 saturated heterocycles. The summed E-state index contributed by atoms with van der Waals surface area (Å²) in [5.74, 6) is 0.734. The van der Waals surface area contributed by atoms with E-state index in [1.54, 1.807) is 32.4 Å². The van der Waals surface area contributed by atoms with Gasteiger partial charge in [-0.25, -0.2) is 0 Å². The third kappa shape index (κ3) is 3.87. The summed E-state index contributed by atoms with van der Waals surface area (Å²) in [6, 6.07) is 13.3. The lowest BCUT2D eigenvalue weighted by Crippen LogP contribution is -2.29. The third-order valence-electron chi connectivity index (χ3n) is 4.48. The van der Waals surface area contributed by atoms with Gasteiger partial charge in [-0.15, -0.1) is 0 Å². The number of nitrogens with one attached hydrogen (secondary N) is 1. The fraction of sp³-hybridized carbons (Fsp3) is 0.350. The van der Waals surface area contributed by atoms with Crippen molar-refractivity contribution in [1.29, 1.82) is 0 Å². The van der Waals surface area contributed by atoms with E-state index in [-0.39, 0.29) is 5.91 Å². The fourth-order valence-corrected chi connectivity index (χ4v) is 3.20. The lowest BCUT2D eigenvalue weighted by Gasteiger charge is -2.29. The van der Waals surface area contributed by atoms with Crippen LogP contribution in [0.25, 0.3) is 0 Å². The molecule has 0 unspecified atom stereocenters. The number of benzene rings is 2. The molecule has 1 aliphatic heterocycles. The Kier molecular flexibility index (Phi) is 5.43. The van der Waals surface area contributed by atoms with Crippen molar-refractivity contribution in [2.24, 2.45) is 0 Å². The van der Waals surface area contributed by atoms with Gasteiger partial charge in [0.15, 0.2) is 0 Å². The van der Waals surface area contributed by atoms with Crippen molar-refractivity contribution < 1.29 is 14.3 Å². The number of amides is 1. The molecule has 132 valence electrons. The molecule has 5 heteroatoms. The second-order valence-corrected chi connectivity index (χ2v) is 6.09. The van der Waals surface area contributed by atoms with E-state index in [1.807, 2.05) is 18.2 Å². The van der Waals surface area contributed by atoms with Crippen LogP contribution in [0.1, 0.15) is 29.6 Å². The zero-order chi connectivity index (χ0) is 17.6. The normalized spacial score (nSPS) is 14.1. The van der Waals surface area contributed by atoms with Crippen molar-refractivity contribution in [2.45, 2.75) is 19.3 Å². The number of carbonyl (C=O) groups is 1. The second-order valence-electron chi connectivity index (χ2n) is 6.09. The average Bonchev–Trinajstić information content (AvgIpc) is 2.68. The zero-order valence-electron chi connectivity index (χ0n) is 14.7. The summed E-state index contributed by atoms with van der Waals surface area (Å²) in [6.45, 7) is 2.13. The van der Waals surface area contributed by atoms with Gasteiger partial charge in [0.1, 0.15) is 17.1 Å². The van der Waals surface area contributed by atoms with Crippen LogP contribution in [0, 0.1) is 0 Å². The van der Waals surface area contributed by atoms with E-state index in [9.17, 15) is 4.79 Å². The van der Waals surface area contributed by atoms with Crippen LogP contribution in [0.5, 0.6) is 11.5 Å². The van der Waals surface area contributed by atoms with E-state index in [1.165, 1.54) is 19.3 Å². The molecule has 0 aliphatic carbocycles. The van der Waals surface area contributed by atoms with E-state index in [0.29, 0.717) is 17.1 Å². The first-order chi connectivity index (χ1) is 12.2. The second kappa shape index (κ2) is 7.92. The highest BCUT2D eigenvalue weighted by Crippen LogP contribution is 2.30. The fourth-order valence-electron chi connectivity index (χ4n) is 3.20. The van der Waals surface area contributed by atoms with Crippen molar-refractivity contribution in [3.05, 3.63) is 48.0 Å². The number of nitrogens with zero attached hydrogens (tertiary/aromatic N) is 1. The molecule has 0 spiro atoms. The number of hydrogen-bond acceptors (Lipinski definition) is 4. The Hall–Kier alpha value is -2.69. The van der Waals surface area contributed by atoms with Gasteiger partial charge >= 0.3 is 0 Å². The van der Waals surface area contributed by atoms with Gasteiger partial charge < -0.3 is 19.7 Å². The van der Waals surface area contributed by atoms with Crippen molar-refractivity contribution in [3.8, 4) is 11.5 Å². The molecule has 0 radical (unpaired) electrons. The van der Waals surface area contributed by atoms with Gasteiger partial charge in [0.2, 0.25) is 0 Å². The number of carbonyl (C=O) groups excluding carboxylic acids is 1. The van der Waals surface area contributed by atoms with Gasteiger partial charge in [-0.3, -0.25) is 4.79 Å². The van der Waals surface area contributed by atoms with Crippen molar-refractivity contribution in [2.75, 3.05) is 37.5 Å². The number of ether oxygens (including phenoxy) is 2. The van der Waals surface area contributed by atoms with Gasteiger partial charge in [-0.1, -0.05) is 12.1 Å². The van der Waals surface area contributed by atoms with Gasteiger partial charge in [0.25, 0.3) is 5.91 Å².